The largest absolute Gasteiger partial charge is 0.462 e. The normalized spacial score (nSPS) is 12.0. The van der Waals surface area contributed by atoms with Crippen LogP contribution in [0, 0.1) is 5.92 Å². The van der Waals surface area contributed by atoms with E-state index >= 15 is 0 Å². The number of carbonyl (C=O) groups excluding carboxylic acids is 3. The Labute approximate surface area is 406 Å². The standard InChI is InChI=1S/C59H114O6/c1-5-7-9-11-13-15-17-18-19-20-21-22-23-27-31-34-38-42-46-50-57(60)63-53-56(65-59(62)52-48-44-40-36-29-16-14-12-10-8-6-2)54-64-58(61)51-47-43-39-35-32-28-25-24-26-30-33-37-41-45-49-55(3)4/h55-56H,5-54H2,1-4H3/t56-/m0/s1. The molecular formula is C59H114O6. The van der Waals surface area contributed by atoms with E-state index in [4.69, 9.17) is 14.2 Å². The average Bonchev–Trinajstić information content (AvgIpc) is 3.29. The van der Waals surface area contributed by atoms with E-state index in [0.29, 0.717) is 19.3 Å². The molecule has 0 N–H and O–H groups in total. The van der Waals surface area contributed by atoms with E-state index < -0.39 is 6.10 Å². The van der Waals surface area contributed by atoms with Crippen molar-refractivity contribution < 1.29 is 28.6 Å². The topological polar surface area (TPSA) is 78.9 Å². The van der Waals surface area contributed by atoms with Gasteiger partial charge in [-0.3, -0.25) is 14.4 Å². The van der Waals surface area contributed by atoms with Gasteiger partial charge in [0.1, 0.15) is 13.2 Å². The van der Waals surface area contributed by atoms with Crippen LogP contribution in [0.4, 0.5) is 0 Å². The molecule has 0 fully saturated rings. The minimum Gasteiger partial charge on any atom is -0.462 e. The van der Waals surface area contributed by atoms with Crippen molar-refractivity contribution in [1.82, 2.24) is 0 Å². The lowest BCUT2D eigenvalue weighted by molar-refractivity contribution is -0.167. The van der Waals surface area contributed by atoms with Crippen molar-refractivity contribution in [1.29, 1.82) is 0 Å². The van der Waals surface area contributed by atoms with Crippen molar-refractivity contribution in [2.45, 2.75) is 342 Å². The van der Waals surface area contributed by atoms with Crippen molar-refractivity contribution in [3.8, 4) is 0 Å². The lowest BCUT2D eigenvalue weighted by Gasteiger charge is -2.18. The average molecular weight is 920 g/mol. The summed E-state index contributed by atoms with van der Waals surface area (Å²) in [4.78, 5) is 38.1. The first kappa shape index (κ1) is 63.4. The highest BCUT2D eigenvalue weighted by atomic mass is 16.6. The van der Waals surface area contributed by atoms with E-state index in [1.165, 1.54) is 231 Å². The van der Waals surface area contributed by atoms with Crippen LogP contribution in [0.25, 0.3) is 0 Å². The molecule has 0 amide bonds. The Morgan fingerprint density at radius 3 is 0.754 bits per heavy atom. The van der Waals surface area contributed by atoms with E-state index in [-0.39, 0.29) is 31.1 Å². The second-order valence-corrected chi connectivity index (χ2v) is 20.8. The third-order valence-electron chi connectivity index (χ3n) is 13.5. The molecule has 0 rings (SSSR count). The Morgan fingerprint density at radius 2 is 0.508 bits per heavy atom. The molecule has 65 heavy (non-hydrogen) atoms. The van der Waals surface area contributed by atoms with Gasteiger partial charge in [-0.2, -0.15) is 0 Å². The monoisotopic (exact) mass is 919 g/mol. The summed E-state index contributed by atoms with van der Waals surface area (Å²) in [5.74, 6) is 0.00903. The number of rotatable bonds is 54. The predicted molar refractivity (Wildman–Crippen MR) is 280 cm³/mol. The molecule has 1 atom stereocenters. The highest BCUT2D eigenvalue weighted by Gasteiger charge is 2.19. The maximum absolute atomic E-state index is 12.8. The summed E-state index contributed by atoms with van der Waals surface area (Å²) in [5.41, 5.74) is 0. The van der Waals surface area contributed by atoms with Crippen LogP contribution in [0.3, 0.4) is 0 Å². The van der Waals surface area contributed by atoms with E-state index in [1.54, 1.807) is 0 Å². The fourth-order valence-electron chi connectivity index (χ4n) is 9.10. The zero-order chi connectivity index (χ0) is 47.4. The zero-order valence-corrected chi connectivity index (χ0v) is 44.5. The van der Waals surface area contributed by atoms with Gasteiger partial charge in [0.25, 0.3) is 0 Å². The quantitative estimate of drug-likeness (QED) is 0.0344. The molecule has 0 saturated carbocycles. The number of esters is 3. The summed E-state index contributed by atoms with van der Waals surface area (Å²) in [6.07, 6.45) is 58.1. The number of carbonyl (C=O) groups is 3. The van der Waals surface area contributed by atoms with Gasteiger partial charge in [0.15, 0.2) is 6.10 Å². The molecule has 0 bridgehead atoms. The van der Waals surface area contributed by atoms with Crippen molar-refractivity contribution in [3.63, 3.8) is 0 Å². The minimum atomic E-state index is -0.761. The van der Waals surface area contributed by atoms with Crippen LogP contribution >= 0.6 is 0 Å². The Bertz CT molecular complexity index is 980. The lowest BCUT2D eigenvalue weighted by atomic mass is 10.0. The van der Waals surface area contributed by atoms with Gasteiger partial charge in [0.2, 0.25) is 0 Å². The summed E-state index contributed by atoms with van der Waals surface area (Å²) >= 11 is 0. The van der Waals surface area contributed by atoms with Crippen LogP contribution in [0.1, 0.15) is 336 Å². The summed E-state index contributed by atoms with van der Waals surface area (Å²) in [7, 11) is 0. The third-order valence-corrected chi connectivity index (χ3v) is 13.5. The Kier molecular flexibility index (Phi) is 52.1. The minimum absolute atomic E-state index is 0.0618. The summed E-state index contributed by atoms with van der Waals surface area (Å²) < 4.78 is 16.9. The molecule has 0 aromatic carbocycles. The summed E-state index contributed by atoms with van der Waals surface area (Å²) in [5, 5.41) is 0. The third kappa shape index (κ3) is 53.2. The van der Waals surface area contributed by atoms with Gasteiger partial charge in [-0.1, -0.05) is 297 Å². The van der Waals surface area contributed by atoms with Gasteiger partial charge in [-0.15, -0.1) is 0 Å². The van der Waals surface area contributed by atoms with Gasteiger partial charge in [0, 0.05) is 19.3 Å². The molecule has 0 aliphatic heterocycles. The molecule has 0 saturated heterocycles. The van der Waals surface area contributed by atoms with Crippen LogP contribution in [0.5, 0.6) is 0 Å². The molecule has 0 unspecified atom stereocenters. The van der Waals surface area contributed by atoms with E-state index in [0.717, 1.165) is 63.7 Å². The van der Waals surface area contributed by atoms with Crippen molar-refractivity contribution >= 4 is 17.9 Å². The number of hydrogen-bond donors (Lipinski definition) is 0. The maximum Gasteiger partial charge on any atom is 0.306 e. The fourth-order valence-corrected chi connectivity index (χ4v) is 9.10. The smallest absolute Gasteiger partial charge is 0.306 e. The Hall–Kier alpha value is -1.59. The first-order valence-corrected chi connectivity index (χ1v) is 29.4. The molecule has 6 nitrogen and oxygen atoms in total. The molecular weight excluding hydrogens is 805 g/mol. The van der Waals surface area contributed by atoms with E-state index in [1.807, 2.05) is 0 Å². The summed E-state index contributed by atoms with van der Waals surface area (Å²) in [6.45, 7) is 9.06. The predicted octanol–water partition coefficient (Wildman–Crippen LogP) is 19.4. The summed E-state index contributed by atoms with van der Waals surface area (Å²) in [6, 6.07) is 0. The van der Waals surface area contributed by atoms with Crippen LogP contribution < -0.4 is 0 Å². The van der Waals surface area contributed by atoms with Crippen molar-refractivity contribution in [3.05, 3.63) is 0 Å². The number of ether oxygens (including phenoxy) is 3. The van der Waals surface area contributed by atoms with Crippen molar-refractivity contribution in [2.24, 2.45) is 5.92 Å². The second-order valence-electron chi connectivity index (χ2n) is 20.8. The van der Waals surface area contributed by atoms with Gasteiger partial charge in [-0.25, -0.2) is 0 Å². The first-order valence-electron chi connectivity index (χ1n) is 29.4. The lowest BCUT2D eigenvalue weighted by Crippen LogP contribution is -2.30. The number of hydrogen-bond acceptors (Lipinski definition) is 6. The highest BCUT2D eigenvalue weighted by Crippen LogP contribution is 2.18. The van der Waals surface area contributed by atoms with Gasteiger partial charge < -0.3 is 14.2 Å². The van der Waals surface area contributed by atoms with E-state index in [2.05, 4.69) is 27.7 Å². The molecule has 0 radical (unpaired) electrons. The maximum atomic E-state index is 12.8. The molecule has 0 heterocycles. The zero-order valence-electron chi connectivity index (χ0n) is 44.5. The van der Waals surface area contributed by atoms with Gasteiger partial charge >= 0.3 is 17.9 Å². The van der Waals surface area contributed by atoms with Crippen LogP contribution in [0.2, 0.25) is 0 Å². The molecule has 0 aliphatic carbocycles. The molecule has 0 spiro atoms. The molecule has 0 aromatic heterocycles. The SMILES string of the molecule is CCCCCCCCCCCCCCCCCCCCCC(=O)OC[C@@H](COC(=O)CCCCCCCCCCCCCCCCC(C)C)OC(=O)CCCCCCCCCCCCC. The molecule has 0 aliphatic rings. The molecule has 6 heteroatoms. The Morgan fingerprint density at radius 1 is 0.292 bits per heavy atom. The van der Waals surface area contributed by atoms with Gasteiger partial charge in [0.05, 0.1) is 0 Å². The van der Waals surface area contributed by atoms with Crippen LogP contribution in [-0.4, -0.2) is 37.2 Å². The first-order chi connectivity index (χ1) is 31.9. The Balaban J connectivity index is 4.22. The van der Waals surface area contributed by atoms with Crippen LogP contribution in [0.15, 0.2) is 0 Å². The highest BCUT2D eigenvalue weighted by molar-refractivity contribution is 5.71. The van der Waals surface area contributed by atoms with E-state index in [9.17, 15) is 14.4 Å². The van der Waals surface area contributed by atoms with Gasteiger partial charge in [-0.05, 0) is 25.2 Å². The fraction of sp³-hybridized carbons (Fsp3) is 0.949. The molecule has 0 aromatic rings. The number of unbranched alkanes of at least 4 members (excludes halogenated alkanes) is 41. The van der Waals surface area contributed by atoms with Crippen molar-refractivity contribution in [2.75, 3.05) is 13.2 Å². The molecule has 386 valence electrons. The second kappa shape index (κ2) is 53.4. The van der Waals surface area contributed by atoms with Crippen LogP contribution in [-0.2, 0) is 28.6 Å².